The minimum Gasteiger partial charge on any atom is -0.428 e. The lowest BCUT2D eigenvalue weighted by molar-refractivity contribution is 0.568. The van der Waals surface area contributed by atoms with Crippen LogP contribution in [0.25, 0.3) is 0 Å². The van der Waals surface area contributed by atoms with E-state index in [0.29, 0.717) is 0 Å². The molecule has 0 fully saturated rings. The van der Waals surface area contributed by atoms with Gasteiger partial charge in [-0.2, -0.15) is 0 Å². The van der Waals surface area contributed by atoms with E-state index in [1.54, 1.807) is 0 Å². The molecule has 0 saturated carbocycles. The summed E-state index contributed by atoms with van der Waals surface area (Å²) in [5.41, 5.74) is 0. The molecule has 0 radical (unpaired) electrons. The van der Waals surface area contributed by atoms with Crippen molar-refractivity contribution in [2.75, 3.05) is 0 Å². The molecule has 0 aromatic heterocycles. The lowest BCUT2D eigenvalue weighted by Gasteiger charge is -2.19. The first-order valence-electron chi connectivity index (χ1n) is 5.04. The summed E-state index contributed by atoms with van der Waals surface area (Å²) >= 11 is 0. The van der Waals surface area contributed by atoms with E-state index in [4.69, 9.17) is 0 Å². The maximum Gasteiger partial charge on any atom is 0.213 e. The van der Waals surface area contributed by atoms with Crippen molar-refractivity contribution in [3.05, 3.63) is 24.3 Å². The topological polar surface area (TPSA) is 20.2 Å². The summed E-state index contributed by atoms with van der Waals surface area (Å²) < 4.78 is 0. The van der Waals surface area contributed by atoms with Gasteiger partial charge in [-0.05, 0) is 18.3 Å². The lowest BCUT2D eigenvalue weighted by atomic mass is 10.4. The highest BCUT2D eigenvalue weighted by molar-refractivity contribution is 6.89. The van der Waals surface area contributed by atoms with Gasteiger partial charge in [0, 0.05) is 0 Å². The first-order chi connectivity index (χ1) is 6.21. The van der Waals surface area contributed by atoms with Gasteiger partial charge in [0.2, 0.25) is 8.32 Å². The maximum atomic E-state index is 9.93. The summed E-state index contributed by atoms with van der Waals surface area (Å²) in [5.74, 6) is 0. The predicted molar refractivity (Wildman–Crippen MR) is 68.8 cm³/mol. The van der Waals surface area contributed by atoms with Crippen LogP contribution in [0.4, 0.5) is 0 Å². The van der Waals surface area contributed by atoms with Crippen LogP contribution >= 0.6 is 0 Å². The van der Waals surface area contributed by atoms with Crippen LogP contribution in [0.5, 0.6) is 0 Å². The summed E-state index contributed by atoms with van der Waals surface area (Å²) in [7, 11) is -3.28. The van der Waals surface area contributed by atoms with Crippen LogP contribution in [0, 0.1) is 0 Å². The van der Waals surface area contributed by atoms with Crippen LogP contribution in [0.3, 0.4) is 0 Å². The fourth-order valence-corrected chi connectivity index (χ4v) is 3.53. The molecule has 3 heteroatoms. The molecule has 0 amide bonds. The molecular formula is C11H20OSi2. The summed E-state index contributed by atoms with van der Waals surface area (Å²) in [6.07, 6.45) is 0. The molecule has 0 saturated heterocycles. The Bertz CT molecular complexity index is 271. The number of hydrogen-bond acceptors (Lipinski definition) is 1. The van der Waals surface area contributed by atoms with E-state index in [-0.39, 0.29) is 0 Å². The van der Waals surface area contributed by atoms with E-state index in [0.717, 1.165) is 5.19 Å². The van der Waals surface area contributed by atoms with E-state index >= 15 is 0 Å². The van der Waals surface area contributed by atoms with Crippen molar-refractivity contribution in [2.24, 2.45) is 0 Å². The normalized spacial score (nSPS) is 13.0. The number of benzene rings is 1. The van der Waals surface area contributed by atoms with Crippen molar-refractivity contribution in [3.63, 3.8) is 0 Å². The van der Waals surface area contributed by atoms with Gasteiger partial charge in [-0.25, -0.2) is 0 Å². The maximum absolute atomic E-state index is 9.93. The molecule has 1 N–H and O–H groups in total. The predicted octanol–water partition coefficient (Wildman–Crippen LogP) is 1.64. The molecule has 0 aliphatic carbocycles. The molecule has 0 spiro atoms. The standard InChI is InChI=1S/C11H20OSi2/c1-13(2,3)10-6-8-11(9-7-10)14(4,5)12/h6-9,12H,1-5H3. The fraction of sp³-hybridized carbons (Fsp3) is 0.455. The van der Waals surface area contributed by atoms with Gasteiger partial charge < -0.3 is 4.80 Å². The van der Waals surface area contributed by atoms with Gasteiger partial charge in [-0.3, -0.25) is 0 Å². The number of rotatable bonds is 2. The van der Waals surface area contributed by atoms with Crippen LogP contribution in [0.15, 0.2) is 24.3 Å². The highest BCUT2D eigenvalue weighted by Crippen LogP contribution is 2.03. The molecular weight excluding hydrogens is 204 g/mol. The Labute approximate surface area is 88.9 Å². The van der Waals surface area contributed by atoms with Crippen molar-refractivity contribution in [2.45, 2.75) is 32.7 Å². The Morgan fingerprint density at radius 3 is 1.43 bits per heavy atom. The zero-order valence-corrected chi connectivity index (χ0v) is 11.8. The van der Waals surface area contributed by atoms with Gasteiger partial charge in [0.15, 0.2) is 0 Å². The molecule has 0 atom stereocenters. The quantitative estimate of drug-likeness (QED) is 0.757. The zero-order chi connectivity index (χ0) is 11.0. The molecule has 0 bridgehead atoms. The third kappa shape index (κ3) is 2.80. The molecule has 0 aliphatic rings. The van der Waals surface area contributed by atoms with Gasteiger partial charge in [-0.1, -0.05) is 49.1 Å². The summed E-state index contributed by atoms with van der Waals surface area (Å²) in [4.78, 5) is 9.93. The second-order valence-corrected chi connectivity index (χ2v) is 14.2. The van der Waals surface area contributed by atoms with E-state index in [2.05, 4.69) is 43.9 Å². The highest BCUT2D eigenvalue weighted by atomic mass is 28.4. The van der Waals surface area contributed by atoms with Crippen LogP contribution in [0.1, 0.15) is 0 Å². The van der Waals surface area contributed by atoms with Crippen molar-refractivity contribution >= 4 is 26.8 Å². The van der Waals surface area contributed by atoms with Crippen LogP contribution in [0.2, 0.25) is 32.7 Å². The molecule has 0 heterocycles. The van der Waals surface area contributed by atoms with Crippen molar-refractivity contribution in [3.8, 4) is 0 Å². The van der Waals surface area contributed by atoms with Crippen molar-refractivity contribution < 1.29 is 4.80 Å². The van der Waals surface area contributed by atoms with E-state index < -0.39 is 16.4 Å². The molecule has 1 aromatic rings. The molecule has 0 aliphatic heterocycles. The Morgan fingerprint density at radius 1 is 0.786 bits per heavy atom. The lowest BCUT2D eigenvalue weighted by Crippen LogP contribution is -2.44. The first-order valence-corrected chi connectivity index (χ1v) is 11.5. The van der Waals surface area contributed by atoms with Gasteiger partial charge in [0.25, 0.3) is 0 Å². The fourth-order valence-electron chi connectivity index (χ4n) is 1.38. The van der Waals surface area contributed by atoms with Gasteiger partial charge >= 0.3 is 0 Å². The van der Waals surface area contributed by atoms with Crippen LogP contribution in [-0.4, -0.2) is 21.2 Å². The highest BCUT2D eigenvalue weighted by Gasteiger charge is 2.21. The largest absolute Gasteiger partial charge is 0.428 e. The first kappa shape index (κ1) is 11.7. The van der Waals surface area contributed by atoms with E-state index in [1.165, 1.54) is 5.19 Å². The van der Waals surface area contributed by atoms with Gasteiger partial charge in [-0.15, -0.1) is 0 Å². The summed E-state index contributed by atoms with van der Waals surface area (Å²) in [6, 6.07) is 8.57. The van der Waals surface area contributed by atoms with Crippen molar-refractivity contribution in [1.29, 1.82) is 0 Å². The molecule has 14 heavy (non-hydrogen) atoms. The van der Waals surface area contributed by atoms with Crippen molar-refractivity contribution in [1.82, 2.24) is 0 Å². The smallest absolute Gasteiger partial charge is 0.213 e. The van der Waals surface area contributed by atoms with Crippen LogP contribution < -0.4 is 10.4 Å². The van der Waals surface area contributed by atoms with Crippen LogP contribution in [-0.2, 0) is 0 Å². The average Bonchev–Trinajstić information content (AvgIpc) is 2.01. The molecule has 0 unspecified atom stereocenters. The Morgan fingerprint density at radius 2 is 1.14 bits per heavy atom. The second kappa shape index (κ2) is 3.64. The van der Waals surface area contributed by atoms with Gasteiger partial charge in [0.05, 0.1) is 8.07 Å². The van der Waals surface area contributed by atoms with E-state index in [1.807, 2.05) is 13.1 Å². The minimum atomic E-state index is -2.10. The third-order valence-electron chi connectivity index (χ3n) is 2.46. The monoisotopic (exact) mass is 224 g/mol. The molecule has 1 aromatic carbocycles. The zero-order valence-electron chi connectivity index (χ0n) is 9.76. The Hall–Kier alpha value is -0.386. The van der Waals surface area contributed by atoms with Gasteiger partial charge in [0.1, 0.15) is 0 Å². The summed E-state index contributed by atoms with van der Waals surface area (Å²) in [5, 5.41) is 2.58. The summed E-state index contributed by atoms with van der Waals surface area (Å²) in [6.45, 7) is 10.9. The second-order valence-electron chi connectivity index (χ2n) is 5.39. The number of hydrogen-bond donors (Lipinski definition) is 1. The molecule has 1 nitrogen and oxygen atoms in total. The SMILES string of the molecule is C[Si](C)(C)c1ccc([Si](C)(C)O)cc1. The third-order valence-corrected chi connectivity index (χ3v) is 6.27. The average molecular weight is 224 g/mol. The van der Waals surface area contributed by atoms with E-state index in [9.17, 15) is 4.80 Å². The minimum absolute atomic E-state index is 1.12. The Kier molecular flexibility index (Phi) is 3.04. The Balaban J connectivity index is 3.02. The molecule has 78 valence electrons. The molecule has 1 rings (SSSR count).